The maximum absolute atomic E-state index is 12.4. The van der Waals surface area contributed by atoms with Crippen LogP contribution in [0, 0.1) is 6.92 Å². The van der Waals surface area contributed by atoms with Crippen molar-refractivity contribution in [1.82, 2.24) is 25.2 Å². The lowest BCUT2D eigenvalue weighted by Gasteiger charge is -2.25. The van der Waals surface area contributed by atoms with Gasteiger partial charge in [0.15, 0.2) is 0 Å². The number of likely N-dealkylation sites (tertiary alicyclic amines) is 1. The standard InChI is InChI=1S/C16H17N5O2/c1-10-5-7-18-15(19-10)16(23)20-12-8-13(22)21(2)14(12)11-4-3-6-17-9-11/h3-7,9,12,14H,8H2,1-2H3,(H,20,23)/t12-,14+/m1/s1. The van der Waals surface area contributed by atoms with Gasteiger partial charge < -0.3 is 10.2 Å². The second-order valence-electron chi connectivity index (χ2n) is 5.54. The number of nitrogens with zero attached hydrogens (tertiary/aromatic N) is 4. The van der Waals surface area contributed by atoms with Gasteiger partial charge in [-0.15, -0.1) is 0 Å². The Bertz CT molecular complexity index is 734. The lowest BCUT2D eigenvalue weighted by Crippen LogP contribution is -2.39. The van der Waals surface area contributed by atoms with E-state index in [1.165, 1.54) is 0 Å². The SMILES string of the molecule is Cc1ccnc(C(=O)N[C@@H]2CC(=O)N(C)[C@H]2c2cccnc2)n1. The zero-order valence-corrected chi connectivity index (χ0v) is 12.9. The van der Waals surface area contributed by atoms with E-state index in [1.54, 1.807) is 43.5 Å². The number of amides is 2. The molecule has 23 heavy (non-hydrogen) atoms. The molecule has 0 spiro atoms. The van der Waals surface area contributed by atoms with Gasteiger partial charge in [0.05, 0.1) is 12.1 Å². The van der Waals surface area contributed by atoms with Gasteiger partial charge in [-0.25, -0.2) is 9.97 Å². The van der Waals surface area contributed by atoms with E-state index in [1.807, 2.05) is 12.1 Å². The van der Waals surface area contributed by atoms with Gasteiger partial charge in [0.2, 0.25) is 11.7 Å². The average Bonchev–Trinajstić information content (AvgIpc) is 2.82. The van der Waals surface area contributed by atoms with E-state index in [0.717, 1.165) is 5.56 Å². The van der Waals surface area contributed by atoms with E-state index in [9.17, 15) is 9.59 Å². The Morgan fingerprint density at radius 1 is 1.35 bits per heavy atom. The quantitative estimate of drug-likeness (QED) is 0.909. The van der Waals surface area contributed by atoms with Crippen LogP contribution in [0.25, 0.3) is 0 Å². The third-order valence-corrected chi connectivity index (χ3v) is 3.93. The Labute approximate surface area is 133 Å². The minimum Gasteiger partial charge on any atom is -0.344 e. The fraction of sp³-hybridized carbons (Fsp3) is 0.312. The largest absolute Gasteiger partial charge is 0.344 e. The maximum atomic E-state index is 12.4. The minimum absolute atomic E-state index is 0.0192. The van der Waals surface area contributed by atoms with Crippen LogP contribution in [0.15, 0.2) is 36.8 Å². The van der Waals surface area contributed by atoms with Crippen molar-refractivity contribution in [3.05, 3.63) is 53.9 Å². The van der Waals surface area contributed by atoms with Crippen molar-refractivity contribution in [2.75, 3.05) is 7.05 Å². The molecule has 118 valence electrons. The van der Waals surface area contributed by atoms with Gasteiger partial charge in [0, 0.05) is 37.8 Å². The van der Waals surface area contributed by atoms with Gasteiger partial charge in [0.25, 0.3) is 5.91 Å². The fourth-order valence-corrected chi connectivity index (χ4v) is 2.80. The van der Waals surface area contributed by atoms with Crippen molar-refractivity contribution in [3.8, 4) is 0 Å². The normalized spacial score (nSPS) is 20.6. The van der Waals surface area contributed by atoms with Crippen molar-refractivity contribution in [2.24, 2.45) is 0 Å². The molecule has 7 heteroatoms. The van der Waals surface area contributed by atoms with Crippen LogP contribution in [0.2, 0.25) is 0 Å². The second-order valence-corrected chi connectivity index (χ2v) is 5.54. The van der Waals surface area contributed by atoms with Crippen molar-refractivity contribution in [2.45, 2.75) is 25.4 Å². The summed E-state index contributed by atoms with van der Waals surface area (Å²) in [4.78, 5) is 38.3. The number of rotatable bonds is 3. The van der Waals surface area contributed by atoms with E-state index in [0.29, 0.717) is 5.69 Å². The predicted octanol–water partition coefficient (Wildman–Crippen LogP) is 0.882. The summed E-state index contributed by atoms with van der Waals surface area (Å²) in [5.74, 6) is -0.290. The topological polar surface area (TPSA) is 88.1 Å². The molecule has 0 radical (unpaired) electrons. The highest BCUT2D eigenvalue weighted by Gasteiger charge is 2.39. The van der Waals surface area contributed by atoms with Crippen LogP contribution in [0.4, 0.5) is 0 Å². The number of pyridine rings is 1. The van der Waals surface area contributed by atoms with Gasteiger partial charge in [-0.05, 0) is 24.6 Å². The lowest BCUT2D eigenvalue weighted by atomic mass is 10.0. The first kappa shape index (κ1) is 15.1. The molecule has 1 aliphatic rings. The fourth-order valence-electron chi connectivity index (χ4n) is 2.80. The smallest absolute Gasteiger partial charge is 0.289 e. The molecule has 1 N–H and O–H groups in total. The van der Waals surface area contributed by atoms with Gasteiger partial charge in [-0.2, -0.15) is 0 Å². The summed E-state index contributed by atoms with van der Waals surface area (Å²) >= 11 is 0. The Balaban J connectivity index is 1.83. The van der Waals surface area contributed by atoms with E-state index in [2.05, 4.69) is 20.3 Å². The molecule has 3 rings (SSSR count). The first-order valence-corrected chi connectivity index (χ1v) is 7.32. The number of aromatic nitrogens is 3. The highest BCUT2D eigenvalue weighted by molar-refractivity contribution is 5.91. The molecule has 2 amide bonds. The first-order chi connectivity index (χ1) is 11.1. The number of carbonyl (C=O) groups is 2. The van der Waals surface area contributed by atoms with Crippen molar-refractivity contribution in [3.63, 3.8) is 0 Å². The van der Waals surface area contributed by atoms with Crippen molar-refractivity contribution in [1.29, 1.82) is 0 Å². The maximum Gasteiger partial charge on any atom is 0.289 e. The molecule has 0 aromatic carbocycles. The molecule has 0 unspecified atom stereocenters. The third kappa shape index (κ3) is 3.03. The summed E-state index contributed by atoms with van der Waals surface area (Å²) in [5.41, 5.74) is 1.60. The van der Waals surface area contributed by atoms with Crippen LogP contribution < -0.4 is 5.32 Å². The van der Waals surface area contributed by atoms with Crippen LogP contribution in [-0.4, -0.2) is 44.8 Å². The Hall–Kier alpha value is -2.83. The molecular weight excluding hydrogens is 294 g/mol. The van der Waals surface area contributed by atoms with Gasteiger partial charge >= 0.3 is 0 Å². The molecule has 1 fully saturated rings. The summed E-state index contributed by atoms with van der Waals surface area (Å²) in [6.45, 7) is 1.80. The molecule has 7 nitrogen and oxygen atoms in total. The minimum atomic E-state index is -0.379. The number of carbonyl (C=O) groups excluding carboxylic acids is 2. The van der Waals surface area contributed by atoms with Crippen LogP contribution >= 0.6 is 0 Å². The number of aryl methyl sites for hydroxylation is 1. The summed E-state index contributed by atoms with van der Waals surface area (Å²) < 4.78 is 0. The van der Waals surface area contributed by atoms with E-state index < -0.39 is 0 Å². The van der Waals surface area contributed by atoms with Crippen LogP contribution in [-0.2, 0) is 4.79 Å². The Morgan fingerprint density at radius 2 is 2.17 bits per heavy atom. The molecule has 1 saturated heterocycles. The number of hydrogen-bond acceptors (Lipinski definition) is 5. The third-order valence-electron chi connectivity index (χ3n) is 3.93. The molecule has 2 aromatic rings. The monoisotopic (exact) mass is 311 g/mol. The summed E-state index contributed by atoms with van der Waals surface area (Å²) in [6, 6.07) is 4.85. The van der Waals surface area contributed by atoms with Gasteiger partial charge in [0.1, 0.15) is 0 Å². The van der Waals surface area contributed by atoms with Gasteiger partial charge in [-0.1, -0.05) is 6.07 Å². The Morgan fingerprint density at radius 3 is 2.87 bits per heavy atom. The second kappa shape index (κ2) is 6.12. The summed E-state index contributed by atoms with van der Waals surface area (Å²) in [6.07, 6.45) is 5.17. The van der Waals surface area contributed by atoms with Crippen molar-refractivity contribution >= 4 is 11.8 Å². The molecule has 2 atom stereocenters. The molecule has 0 bridgehead atoms. The van der Waals surface area contributed by atoms with Crippen LogP contribution in [0.3, 0.4) is 0 Å². The highest BCUT2D eigenvalue weighted by Crippen LogP contribution is 2.31. The molecule has 0 aliphatic carbocycles. The summed E-state index contributed by atoms with van der Waals surface area (Å²) in [7, 11) is 1.73. The van der Waals surface area contributed by atoms with Crippen LogP contribution in [0.1, 0.15) is 34.3 Å². The number of likely N-dealkylation sites (N-methyl/N-ethyl adjacent to an activating group) is 1. The first-order valence-electron chi connectivity index (χ1n) is 7.32. The predicted molar refractivity (Wildman–Crippen MR) is 82.4 cm³/mol. The number of hydrogen-bond donors (Lipinski definition) is 1. The molecule has 0 saturated carbocycles. The van der Waals surface area contributed by atoms with E-state index >= 15 is 0 Å². The number of nitrogens with one attached hydrogen (secondary N) is 1. The van der Waals surface area contributed by atoms with Gasteiger partial charge in [-0.3, -0.25) is 14.6 Å². The molecular formula is C16H17N5O2. The Kier molecular flexibility index (Phi) is 4.01. The summed E-state index contributed by atoms with van der Waals surface area (Å²) in [5, 5.41) is 2.88. The molecule has 1 aliphatic heterocycles. The van der Waals surface area contributed by atoms with Crippen molar-refractivity contribution < 1.29 is 9.59 Å². The van der Waals surface area contributed by atoms with Crippen LogP contribution in [0.5, 0.6) is 0 Å². The molecule has 3 heterocycles. The zero-order valence-electron chi connectivity index (χ0n) is 12.9. The highest BCUT2D eigenvalue weighted by atomic mass is 16.2. The van der Waals surface area contributed by atoms with E-state index in [-0.39, 0.29) is 36.1 Å². The lowest BCUT2D eigenvalue weighted by molar-refractivity contribution is -0.127. The average molecular weight is 311 g/mol. The zero-order chi connectivity index (χ0) is 16.4. The molecule has 2 aromatic heterocycles. The van der Waals surface area contributed by atoms with E-state index in [4.69, 9.17) is 0 Å².